The Hall–Kier alpha value is -2.94. The molecule has 2 aromatic rings. The molecule has 0 spiro atoms. The highest BCUT2D eigenvalue weighted by molar-refractivity contribution is 5.81. The van der Waals surface area contributed by atoms with E-state index in [-0.39, 0.29) is 18.7 Å². The highest BCUT2D eigenvalue weighted by Gasteiger charge is 2.28. The summed E-state index contributed by atoms with van der Waals surface area (Å²) in [6.45, 7) is 7.06. The molecule has 0 radical (unpaired) electrons. The lowest BCUT2D eigenvalue weighted by molar-refractivity contribution is -0.141. The lowest BCUT2D eigenvalue weighted by Crippen LogP contribution is -2.47. The number of urea groups is 1. The number of nitrogens with zero attached hydrogens (tertiary/aromatic N) is 4. The first-order valence-electron chi connectivity index (χ1n) is 10.7. The average Bonchev–Trinajstić information content (AvgIpc) is 2.75. The number of carbonyl (C=O) groups excluding carboxylic acids is 2. The van der Waals surface area contributed by atoms with Gasteiger partial charge in [0.05, 0.1) is 23.6 Å². The Balaban J connectivity index is 2.46. The van der Waals surface area contributed by atoms with Gasteiger partial charge in [0.25, 0.3) is 5.56 Å². The van der Waals surface area contributed by atoms with Gasteiger partial charge in [0.15, 0.2) is 0 Å². The minimum atomic E-state index is -0.495. The number of hydrogen-bond donors (Lipinski definition) is 1. The Bertz CT molecular complexity index is 957. The molecule has 1 aromatic heterocycles. The first-order chi connectivity index (χ1) is 14.8. The minimum Gasteiger partial charge on any atom is -0.465 e. The van der Waals surface area contributed by atoms with Gasteiger partial charge in [-0.05, 0) is 46.5 Å². The largest absolute Gasteiger partial charge is 0.465 e. The van der Waals surface area contributed by atoms with Crippen LogP contribution in [0, 0.1) is 0 Å². The lowest BCUT2D eigenvalue weighted by Gasteiger charge is -2.33. The van der Waals surface area contributed by atoms with Crippen LogP contribution in [0.3, 0.4) is 0 Å². The molecule has 1 heterocycles. The fraction of sp³-hybridized carbons (Fsp3) is 0.545. The van der Waals surface area contributed by atoms with Gasteiger partial charge in [-0.2, -0.15) is 0 Å². The summed E-state index contributed by atoms with van der Waals surface area (Å²) in [6, 6.07) is 6.39. The molecule has 0 saturated heterocycles. The van der Waals surface area contributed by atoms with Crippen LogP contribution in [-0.4, -0.2) is 71.7 Å². The molecule has 0 aliphatic carbocycles. The molecular formula is C22H33N5O4. The zero-order chi connectivity index (χ0) is 23.0. The molecule has 2 rings (SSSR count). The Morgan fingerprint density at radius 2 is 1.87 bits per heavy atom. The number of rotatable bonds is 10. The number of benzene rings is 1. The highest BCUT2D eigenvalue weighted by atomic mass is 16.5. The Morgan fingerprint density at radius 3 is 2.48 bits per heavy atom. The van der Waals surface area contributed by atoms with E-state index in [2.05, 4.69) is 5.32 Å². The molecule has 9 nitrogen and oxygen atoms in total. The number of amides is 2. The van der Waals surface area contributed by atoms with Crippen molar-refractivity contribution in [2.75, 3.05) is 40.3 Å². The summed E-state index contributed by atoms with van der Waals surface area (Å²) in [6.07, 6.45) is 0.561. The maximum absolute atomic E-state index is 13.1. The summed E-state index contributed by atoms with van der Waals surface area (Å²) >= 11 is 0. The van der Waals surface area contributed by atoms with Crippen LogP contribution in [0.25, 0.3) is 10.9 Å². The maximum Gasteiger partial charge on any atom is 0.325 e. The number of nitrogens with one attached hydrogen (secondary N) is 1. The number of aromatic nitrogens is 2. The molecular weight excluding hydrogens is 398 g/mol. The maximum atomic E-state index is 13.1. The predicted molar refractivity (Wildman–Crippen MR) is 120 cm³/mol. The van der Waals surface area contributed by atoms with Gasteiger partial charge < -0.3 is 19.9 Å². The number of fused-ring (bicyclic) bond motifs is 1. The van der Waals surface area contributed by atoms with Crippen molar-refractivity contribution in [3.05, 3.63) is 40.4 Å². The molecule has 1 aromatic carbocycles. The van der Waals surface area contributed by atoms with Gasteiger partial charge in [-0.1, -0.05) is 19.1 Å². The number of carbonyl (C=O) groups is 2. The molecule has 0 aliphatic rings. The Morgan fingerprint density at radius 1 is 1.16 bits per heavy atom. The molecule has 1 N–H and O–H groups in total. The van der Waals surface area contributed by atoms with E-state index in [4.69, 9.17) is 9.72 Å². The molecule has 2 amide bonds. The molecule has 31 heavy (non-hydrogen) atoms. The second-order valence-electron chi connectivity index (χ2n) is 7.42. The van der Waals surface area contributed by atoms with Crippen molar-refractivity contribution in [2.45, 2.75) is 39.8 Å². The number of esters is 1. The normalized spacial score (nSPS) is 12.1. The van der Waals surface area contributed by atoms with Crippen LogP contribution in [0.5, 0.6) is 0 Å². The summed E-state index contributed by atoms with van der Waals surface area (Å²) in [4.78, 5) is 46.2. The third-order valence-electron chi connectivity index (χ3n) is 5.01. The molecule has 0 fully saturated rings. The zero-order valence-electron chi connectivity index (χ0n) is 19.1. The Kier molecular flexibility index (Phi) is 8.99. The van der Waals surface area contributed by atoms with Gasteiger partial charge in [-0.15, -0.1) is 0 Å². The summed E-state index contributed by atoms with van der Waals surface area (Å²) < 4.78 is 6.53. The van der Waals surface area contributed by atoms with Crippen LogP contribution in [0.1, 0.15) is 39.1 Å². The van der Waals surface area contributed by atoms with E-state index in [9.17, 15) is 14.4 Å². The summed E-state index contributed by atoms with van der Waals surface area (Å²) in [5.41, 5.74) is 0.478. The summed E-state index contributed by atoms with van der Waals surface area (Å²) in [7, 11) is 3.85. The van der Waals surface area contributed by atoms with E-state index < -0.39 is 18.0 Å². The first kappa shape index (κ1) is 24.3. The van der Waals surface area contributed by atoms with Crippen molar-refractivity contribution in [3.8, 4) is 0 Å². The number of ether oxygens (including phenoxy) is 1. The van der Waals surface area contributed by atoms with Gasteiger partial charge in [0.1, 0.15) is 12.4 Å². The van der Waals surface area contributed by atoms with Crippen LogP contribution >= 0.6 is 0 Å². The zero-order valence-corrected chi connectivity index (χ0v) is 19.1. The molecule has 0 aliphatic heterocycles. The fourth-order valence-corrected chi connectivity index (χ4v) is 3.46. The van der Waals surface area contributed by atoms with Gasteiger partial charge >= 0.3 is 12.0 Å². The SMILES string of the molecule is CCOC(=O)CNC(=O)N(CCN(C)C)C(CC)c1nc2ccccc2c(=O)n1CC. The molecule has 0 saturated carbocycles. The van der Waals surface area contributed by atoms with Crippen molar-refractivity contribution in [1.82, 2.24) is 24.7 Å². The van der Waals surface area contributed by atoms with E-state index in [0.29, 0.717) is 42.8 Å². The molecule has 170 valence electrons. The topological polar surface area (TPSA) is 96.8 Å². The predicted octanol–water partition coefficient (Wildman–Crippen LogP) is 2.00. The monoisotopic (exact) mass is 431 g/mol. The first-order valence-corrected chi connectivity index (χ1v) is 10.7. The lowest BCUT2D eigenvalue weighted by atomic mass is 10.1. The van der Waals surface area contributed by atoms with E-state index >= 15 is 0 Å². The third-order valence-corrected chi connectivity index (χ3v) is 5.01. The van der Waals surface area contributed by atoms with Crippen molar-refractivity contribution in [1.29, 1.82) is 0 Å². The smallest absolute Gasteiger partial charge is 0.325 e. The minimum absolute atomic E-state index is 0.124. The van der Waals surface area contributed by atoms with Crippen LogP contribution < -0.4 is 10.9 Å². The number of likely N-dealkylation sites (N-methyl/N-ethyl adjacent to an activating group) is 1. The van der Waals surface area contributed by atoms with E-state index in [1.807, 2.05) is 45.0 Å². The highest BCUT2D eigenvalue weighted by Crippen LogP contribution is 2.24. The fourth-order valence-electron chi connectivity index (χ4n) is 3.46. The second-order valence-corrected chi connectivity index (χ2v) is 7.42. The van der Waals surface area contributed by atoms with Crippen LogP contribution in [-0.2, 0) is 16.1 Å². The quantitative estimate of drug-likeness (QED) is 0.578. The van der Waals surface area contributed by atoms with Crippen molar-refractivity contribution in [3.63, 3.8) is 0 Å². The Labute approximate surface area is 183 Å². The third kappa shape index (κ3) is 6.04. The van der Waals surface area contributed by atoms with Crippen LogP contribution in [0.4, 0.5) is 4.79 Å². The average molecular weight is 432 g/mol. The molecule has 1 atom stereocenters. The molecule has 0 bridgehead atoms. The van der Waals surface area contributed by atoms with Crippen LogP contribution in [0.2, 0.25) is 0 Å². The summed E-state index contributed by atoms with van der Waals surface area (Å²) in [5.74, 6) is 0.0458. The van der Waals surface area contributed by atoms with Gasteiger partial charge in [-0.25, -0.2) is 9.78 Å². The van der Waals surface area contributed by atoms with Crippen molar-refractivity contribution < 1.29 is 14.3 Å². The summed E-state index contributed by atoms with van der Waals surface area (Å²) in [5, 5.41) is 3.19. The van der Waals surface area contributed by atoms with E-state index in [1.165, 1.54) is 0 Å². The van der Waals surface area contributed by atoms with E-state index in [0.717, 1.165) is 0 Å². The van der Waals surface area contributed by atoms with E-state index in [1.54, 1.807) is 28.5 Å². The number of hydrogen-bond acceptors (Lipinski definition) is 6. The molecule has 9 heteroatoms. The van der Waals surface area contributed by atoms with Crippen LogP contribution in [0.15, 0.2) is 29.1 Å². The second kappa shape index (κ2) is 11.5. The standard InChI is InChI=1S/C22H33N5O4/c1-6-18(20-24-17-12-10-9-11-16(17)21(29)26(20)7-2)27(14-13-25(4)5)22(30)23-15-19(28)31-8-3/h9-12,18H,6-8,13-15H2,1-5H3,(H,23,30). The molecule has 1 unspecified atom stereocenters. The van der Waals surface area contributed by atoms with Crippen molar-refractivity contribution >= 4 is 22.9 Å². The van der Waals surface area contributed by atoms with Gasteiger partial charge in [0, 0.05) is 19.6 Å². The van der Waals surface area contributed by atoms with Gasteiger partial charge in [-0.3, -0.25) is 14.2 Å². The van der Waals surface area contributed by atoms with Crippen molar-refractivity contribution in [2.24, 2.45) is 0 Å². The number of para-hydroxylation sites is 1. The van der Waals surface area contributed by atoms with Gasteiger partial charge in [0.2, 0.25) is 0 Å².